The molecule has 152 valence electrons. The molecular weight excluding hydrogens is 410 g/mol. The van der Waals surface area contributed by atoms with Crippen LogP contribution in [-0.2, 0) is 11.4 Å². The molecule has 7 nitrogen and oxygen atoms in total. The molecule has 3 N–H and O–H groups in total. The Bertz CT molecular complexity index is 975. The summed E-state index contributed by atoms with van der Waals surface area (Å²) in [6.07, 6.45) is 0. The molecule has 0 atom stereocenters. The van der Waals surface area contributed by atoms with Crippen LogP contribution in [0.1, 0.15) is 31.2 Å². The second-order valence-electron chi connectivity index (χ2n) is 6.60. The number of para-hydroxylation sites is 1. The summed E-state index contributed by atoms with van der Waals surface area (Å²) in [5.41, 5.74) is 1.81. The number of ether oxygens (including phenoxy) is 1. The number of rotatable bonds is 8. The van der Waals surface area contributed by atoms with E-state index in [1.807, 2.05) is 24.3 Å². The third-order valence-corrected chi connectivity index (χ3v) is 5.40. The van der Waals surface area contributed by atoms with E-state index in [0.717, 1.165) is 5.75 Å². The lowest BCUT2D eigenvalue weighted by Gasteiger charge is -2.09. The van der Waals surface area contributed by atoms with Crippen LogP contribution < -0.4 is 15.9 Å². The van der Waals surface area contributed by atoms with Crippen molar-refractivity contribution in [2.24, 2.45) is 0 Å². The van der Waals surface area contributed by atoms with Crippen molar-refractivity contribution in [3.63, 3.8) is 0 Å². The first-order valence-electron chi connectivity index (χ1n) is 9.03. The summed E-state index contributed by atoms with van der Waals surface area (Å²) in [4.78, 5) is 12.1. The van der Waals surface area contributed by atoms with Gasteiger partial charge in [-0.2, -0.15) is 0 Å². The predicted molar refractivity (Wildman–Crippen MR) is 116 cm³/mol. The monoisotopic (exact) mass is 431 g/mol. The fourth-order valence-corrected chi connectivity index (χ4v) is 3.34. The van der Waals surface area contributed by atoms with Gasteiger partial charge in [0.15, 0.2) is 5.82 Å². The lowest BCUT2D eigenvalue weighted by atomic mass is 10.0. The molecular formula is C20H22ClN5O2S. The van der Waals surface area contributed by atoms with Gasteiger partial charge in [0.25, 0.3) is 0 Å². The number of aromatic nitrogens is 3. The molecule has 0 spiro atoms. The van der Waals surface area contributed by atoms with Gasteiger partial charge in [0, 0.05) is 0 Å². The van der Waals surface area contributed by atoms with Gasteiger partial charge in [-0.05, 0) is 35.7 Å². The topological polar surface area (TPSA) is 95.1 Å². The fourth-order valence-electron chi connectivity index (χ4n) is 2.48. The smallest absolute Gasteiger partial charge is 0.234 e. The number of nitrogens with zero attached hydrogens (tertiary/aromatic N) is 3. The molecule has 0 saturated carbocycles. The Kier molecular flexibility index (Phi) is 7.00. The van der Waals surface area contributed by atoms with Crippen molar-refractivity contribution >= 4 is 35.0 Å². The number of nitrogens with one attached hydrogen (secondary N) is 1. The normalized spacial score (nSPS) is 10.9. The van der Waals surface area contributed by atoms with E-state index in [1.54, 1.807) is 24.3 Å². The third-order valence-electron chi connectivity index (χ3n) is 4.13. The number of nitrogen functional groups attached to an aromatic ring is 1. The van der Waals surface area contributed by atoms with Crippen LogP contribution in [0.15, 0.2) is 53.7 Å². The van der Waals surface area contributed by atoms with Crippen molar-refractivity contribution in [2.45, 2.75) is 31.5 Å². The Labute approximate surface area is 178 Å². The van der Waals surface area contributed by atoms with Crippen LogP contribution in [-0.4, -0.2) is 26.5 Å². The number of carbonyl (C=O) groups excluding carboxylic acids is 1. The summed E-state index contributed by atoms with van der Waals surface area (Å²) in [5, 5.41) is 11.7. The van der Waals surface area contributed by atoms with E-state index in [4.69, 9.17) is 22.2 Å². The van der Waals surface area contributed by atoms with Gasteiger partial charge in [-0.25, -0.2) is 4.68 Å². The van der Waals surface area contributed by atoms with Crippen molar-refractivity contribution in [1.29, 1.82) is 0 Å². The van der Waals surface area contributed by atoms with Gasteiger partial charge < -0.3 is 15.9 Å². The zero-order valence-corrected chi connectivity index (χ0v) is 17.7. The Morgan fingerprint density at radius 3 is 2.62 bits per heavy atom. The summed E-state index contributed by atoms with van der Waals surface area (Å²) < 4.78 is 7.06. The van der Waals surface area contributed by atoms with E-state index in [0.29, 0.717) is 27.6 Å². The number of halogens is 1. The first-order chi connectivity index (χ1) is 13.9. The molecule has 9 heteroatoms. The molecule has 0 aliphatic rings. The summed E-state index contributed by atoms with van der Waals surface area (Å²) in [7, 11) is 0. The Balaban J connectivity index is 1.52. The van der Waals surface area contributed by atoms with Gasteiger partial charge in [-0.3, -0.25) is 4.79 Å². The average Bonchev–Trinajstić information content (AvgIpc) is 3.06. The minimum absolute atomic E-state index is 0.123. The zero-order chi connectivity index (χ0) is 20.8. The Morgan fingerprint density at radius 2 is 1.93 bits per heavy atom. The quantitative estimate of drug-likeness (QED) is 0.412. The number of carbonyl (C=O) groups is 1. The van der Waals surface area contributed by atoms with E-state index < -0.39 is 0 Å². The van der Waals surface area contributed by atoms with E-state index in [9.17, 15) is 4.79 Å². The van der Waals surface area contributed by atoms with Crippen LogP contribution in [0, 0.1) is 0 Å². The molecule has 0 bridgehead atoms. The van der Waals surface area contributed by atoms with Gasteiger partial charge in [0.1, 0.15) is 12.4 Å². The van der Waals surface area contributed by atoms with Crippen LogP contribution in [0.2, 0.25) is 5.02 Å². The second-order valence-corrected chi connectivity index (χ2v) is 7.95. The minimum Gasteiger partial charge on any atom is -0.486 e. The van der Waals surface area contributed by atoms with Crippen molar-refractivity contribution in [3.8, 4) is 5.75 Å². The van der Waals surface area contributed by atoms with Crippen LogP contribution in [0.25, 0.3) is 0 Å². The van der Waals surface area contributed by atoms with Gasteiger partial charge in [0.2, 0.25) is 11.1 Å². The number of anilines is 1. The Morgan fingerprint density at radius 1 is 1.21 bits per heavy atom. The van der Waals surface area contributed by atoms with Crippen molar-refractivity contribution < 1.29 is 9.53 Å². The predicted octanol–water partition coefficient (Wildman–Crippen LogP) is 4.08. The fraction of sp³-hybridized carbons (Fsp3) is 0.250. The molecule has 0 aliphatic carbocycles. The highest BCUT2D eigenvalue weighted by Crippen LogP contribution is 2.22. The minimum atomic E-state index is -0.214. The summed E-state index contributed by atoms with van der Waals surface area (Å²) in [6.45, 7) is 4.46. The van der Waals surface area contributed by atoms with Gasteiger partial charge in [0.05, 0.1) is 16.5 Å². The molecule has 3 aromatic rings. The molecule has 2 aromatic carbocycles. The molecule has 0 saturated heterocycles. The number of thioether (sulfide) groups is 1. The van der Waals surface area contributed by atoms with Crippen molar-refractivity contribution in [3.05, 3.63) is 64.9 Å². The van der Waals surface area contributed by atoms with E-state index in [-0.39, 0.29) is 18.3 Å². The van der Waals surface area contributed by atoms with Crippen LogP contribution >= 0.6 is 23.4 Å². The highest BCUT2D eigenvalue weighted by atomic mass is 35.5. The molecule has 1 heterocycles. The second kappa shape index (κ2) is 9.67. The lowest BCUT2D eigenvalue weighted by Crippen LogP contribution is -2.18. The number of benzene rings is 2. The van der Waals surface area contributed by atoms with Crippen LogP contribution in [0.4, 0.5) is 5.69 Å². The zero-order valence-electron chi connectivity index (χ0n) is 16.1. The maximum Gasteiger partial charge on any atom is 0.234 e. The maximum absolute atomic E-state index is 12.1. The number of hydrogen-bond donors (Lipinski definition) is 2. The van der Waals surface area contributed by atoms with Crippen LogP contribution in [0.5, 0.6) is 5.75 Å². The van der Waals surface area contributed by atoms with Crippen molar-refractivity contribution in [1.82, 2.24) is 14.9 Å². The maximum atomic E-state index is 12.1. The molecule has 0 radical (unpaired) electrons. The highest BCUT2D eigenvalue weighted by Gasteiger charge is 2.13. The third kappa shape index (κ3) is 5.65. The first-order valence-corrected chi connectivity index (χ1v) is 10.4. The number of hydrogen-bond acceptors (Lipinski definition) is 6. The SMILES string of the molecule is CC(C)c1ccc(OCc2nnc(SCC(=O)Nc3ccccc3Cl)n2N)cc1. The van der Waals surface area contributed by atoms with Gasteiger partial charge in [-0.15, -0.1) is 10.2 Å². The molecule has 0 aliphatic heterocycles. The lowest BCUT2D eigenvalue weighted by molar-refractivity contribution is -0.113. The molecule has 1 amide bonds. The van der Waals surface area contributed by atoms with Gasteiger partial charge >= 0.3 is 0 Å². The standard InChI is InChI=1S/C20H22ClN5O2S/c1-13(2)14-7-9-15(10-8-14)28-11-18-24-25-20(26(18)22)29-12-19(27)23-17-6-4-3-5-16(17)21/h3-10,13H,11-12,22H2,1-2H3,(H,23,27). The Hall–Kier alpha value is -2.71. The van der Waals surface area contributed by atoms with E-state index in [1.165, 1.54) is 22.0 Å². The van der Waals surface area contributed by atoms with Gasteiger partial charge in [-0.1, -0.05) is 61.5 Å². The van der Waals surface area contributed by atoms with Crippen molar-refractivity contribution in [2.75, 3.05) is 16.9 Å². The highest BCUT2D eigenvalue weighted by molar-refractivity contribution is 7.99. The number of amides is 1. The summed E-state index contributed by atoms with van der Waals surface area (Å²) >= 11 is 7.22. The molecule has 0 unspecified atom stereocenters. The van der Waals surface area contributed by atoms with E-state index >= 15 is 0 Å². The first kappa shape index (κ1) is 21.0. The van der Waals surface area contributed by atoms with Crippen LogP contribution in [0.3, 0.4) is 0 Å². The summed E-state index contributed by atoms with van der Waals surface area (Å²) in [6, 6.07) is 14.9. The average molecular weight is 432 g/mol. The number of nitrogens with two attached hydrogens (primary N) is 1. The molecule has 1 aromatic heterocycles. The largest absolute Gasteiger partial charge is 0.486 e. The molecule has 3 rings (SSSR count). The molecule has 0 fully saturated rings. The molecule has 29 heavy (non-hydrogen) atoms. The summed E-state index contributed by atoms with van der Waals surface area (Å²) in [5.74, 6) is 7.60. The van der Waals surface area contributed by atoms with E-state index in [2.05, 4.69) is 29.4 Å².